The van der Waals surface area contributed by atoms with E-state index in [0.29, 0.717) is 12.2 Å². The van der Waals surface area contributed by atoms with Gasteiger partial charge in [-0.2, -0.15) is 8.42 Å². The number of aliphatic hydroxyl groups is 4. The van der Waals surface area contributed by atoms with E-state index < -0.39 is 53.5 Å². The molecule has 0 saturated carbocycles. The highest BCUT2D eigenvalue weighted by Gasteiger charge is 2.47. The molecule has 0 amide bonds. The van der Waals surface area contributed by atoms with Gasteiger partial charge in [0.1, 0.15) is 21.6 Å². The highest BCUT2D eigenvalue weighted by molar-refractivity contribution is 7.87. The molecule has 0 radical (unpaired) electrons. The van der Waals surface area contributed by atoms with E-state index in [4.69, 9.17) is 0 Å². The van der Waals surface area contributed by atoms with Gasteiger partial charge in [0.05, 0.1) is 27.7 Å². The van der Waals surface area contributed by atoms with Gasteiger partial charge in [-0.3, -0.25) is 4.55 Å². The minimum Gasteiger partial charge on any atom is -0.745 e. The molecule has 2 rings (SSSR count). The summed E-state index contributed by atoms with van der Waals surface area (Å²) in [5.41, 5.74) is 0.135. The van der Waals surface area contributed by atoms with E-state index in [2.05, 4.69) is 26.5 Å². The first-order valence-electron chi connectivity index (χ1n) is 10.7. The van der Waals surface area contributed by atoms with E-state index in [1.807, 2.05) is 7.05 Å². The van der Waals surface area contributed by atoms with Crippen molar-refractivity contribution in [2.24, 2.45) is 11.8 Å². The molecule has 0 bridgehead atoms. The lowest BCUT2D eigenvalue weighted by atomic mass is 9.86. The van der Waals surface area contributed by atoms with Gasteiger partial charge in [-0.25, -0.2) is 8.42 Å². The zero-order valence-corrected chi connectivity index (χ0v) is 22.3. The molecule has 0 aromatic carbocycles. The normalized spacial score (nSPS) is 29.8. The van der Waals surface area contributed by atoms with E-state index in [9.17, 15) is 46.4 Å². The van der Waals surface area contributed by atoms with Crippen LogP contribution in [0, 0.1) is 11.8 Å². The van der Waals surface area contributed by atoms with Gasteiger partial charge in [-0.05, 0) is 18.2 Å². The monoisotopic (exact) mass is 540 g/mol. The molecule has 0 aromatic rings. The molecule has 14 heteroatoms. The summed E-state index contributed by atoms with van der Waals surface area (Å²) in [5.74, 6) is -3.75. The number of aliphatic hydroxyl groups excluding tert-OH is 2. The third kappa shape index (κ3) is 7.36. The molecule has 12 nitrogen and oxygen atoms in total. The second-order valence-electron chi connectivity index (χ2n) is 9.75. The van der Waals surface area contributed by atoms with Crippen LogP contribution in [0.4, 0.5) is 0 Å². The molecule has 0 spiro atoms. The Labute approximate surface area is 206 Å². The van der Waals surface area contributed by atoms with E-state index in [0.717, 1.165) is 23.2 Å². The molecule has 0 aliphatic heterocycles. The summed E-state index contributed by atoms with van der Waals surface area (Å²) in [6.45, 7) is 4.80. The Bertz CT molecular complexity index is 1050. The molecular formula is C21H36N2O10S2. The molecule has 0 saturated heterocycles. The van der Waals surface area contributed by atoms with Gasteiger partial charge in [-0.1, -0.05) is 26.0 Å². The fourth-order valence-corrected chi connectivity index (χ4v) is 4.99. The van der Waals surface area contributed by atoms with Crippen LogP contribution in [0.25, 0.3) is 0 Å². The van der Waals surface area contributed by atoms with Crippen molar-refractivity contribution in [2.75, 3.05) is 41.3 Å². The first-order chi connectivity index (χ1) is 15.6. The zero-order valence-electron chi connectivity index (χ0n) is 20.6. The molecule has 0 heterocycles. The topological polar surface area (TPSA) is 205 Å². The number of likely N-dealkylation sites (N-methyl/N-ethyl adjacent to an activating group) is 2. The zero-order chi connectivity index (χ0) is 27.6. The summed E-state index contributed by atoms with van der Waals surface area (Å²) < 4.78 is 66.7. The fourth-order valence-electron chi connectivity index (χ4n) is 3.41. The summed E-state index contributed by atoms with van der Waals surface area (Å²) in [6, 6.07) is 0. The van der Waals surface area contributed by atoms with Gasteiger partial charge < -0.3 is 34.8 Å². The minimum absolute atomic E-state index is 0.0616. The van der Waals surface area contributed by atoms with Crippen LogP contribution in [0.2, 0.25) is 0 Å². The summed E-state index contributed by atoms with van der Waals surface area (Å²) in [5, 5.41) is 43.3. The van der Waals surface area contributed by atoms with Gasteiger partial charge in [0.15, 0.2) is 4.93 Å². The lowest BCUT2D eigenvalue weighted by Gasteiger charge is -2.36. The number of hydrogen-bond donors (Lipinski definition) is 6. The maximum Gasteiger partial charge on any atom is 0.299 e. The van der Waals surface area contributed by atoms with Crippen molar-refractivity contribution in [2.45, 2.75) is 30.1 Å². The van der Waals surface area contributed by atoms with Crippen molar-refractivity contribution >= 4 is 20.2 Å². The Kier molecular flexibility index (Phi) is 9.54. The molecule has 35 heavy (non-hydrogen) atoms. The summed E-state index contributed by atoms with van der Waals surface area (Å²) in [7, 11) is -1.59. The van der Waals surface area contributed by atoms with Crippen molar-refractivity contribution in [3.05, 3.63) is 47.0 Å². The Morgan fingerprint density at radius 2 is 1.34 bits per heavy atom. The Morgan fingerprint density at radius 1 is 0.943 bits per heavy atom. The Morgan fingerprint density at radius 3 is 1.66 bits per heavy atom. The van der Waals surface area contributed by atoms with Crippen molar-refractivity contribution < 1.29 is 50.9 Å². The van der Waals surface area contributed by atoms with E-state index in [-0.39, 0.29) is 17.6 Å². The molecular weight excluding hydrogens is 504 g/mol. The van der Waals surface area contributed by atoms with E-state index >= 15 is 0 Å². The average Bonchev–Trinajstić information content (AvgIpc) is 2.66. The predicted molar refractivity (Wildman–Crippen MR) is 129 cm³/mol. The summed E-state index contributed by atoms with van der Waals surface area (Å²) in [6.07, 6.45) is 3.11. The number of quaternary nitrogens is 1. The lowest BCUT2D eigenvalue weighted by Crippen LogP contribution is -2.44. The van der Waals surface area contributed by atoms with Crippen molar-refractivity contribution in [1.29, 1.82) is 0 Å². The quantitative estimate of drug-likeness (QED) is 0.189. The van der Waals surface area contributed by atoms with Crippen molar-refractivity contribution in [1.82, 2.24) is 5.32 Å². The van der Waals surface area contributed by atoms with Crippen LogP contribution < -0.4 is 5.32 Å². The van der Waals surface area contributed by atoms with Crippen molar-refractivity contribution in [3.63, 3.8) is 0 Å². The third-order valence-electron chi connectivity index (χ3n) is 5.78. The predicted octanol–water partition coefficient (Wildman–Crippen LogP) is 0.135. The molecule has 2 aliphatic rings. The van der Waals surface area contributed by atoms with Gasteiger partial charge in [0.2, 0.25) is 4.93 Å². The molecule has 0 aromatic heterocycles. The van der Waals surface area contributed by atoms with Crippen LogP contribution >= 0.6 is 0 Å². The van der Waals surface area contributed by atoms with E-state index in [1.54, 1.807) is 0 Å². The van der Waals surface area contributed by atoms with Crippen LogP contribution in [0.15, 0.2) is 47.0 Å². The number of nitrogens with one attached hydrogen (secondary N) is 1. The summed E-state index contributed by atoms with van der Waals surface area (Å²) >= 11 is 0. The maximum absolute atomic E-state index is 11.4. The SMILES string of the molecule is CC1C=C(CC2=CC(C)C(O)(S(=O)(=O)O)C=C2O)C(O)=CC1(O)S(=O)(=O)[O-].CNCC[N+](C)(C)C. The van der Waals surface area contributed by atoms with Crippen molar-refractivity contribution in [3.8, 4) is 0 Å². The molecule has 4 unspecified atom stereocenters. The standard InChI is InChI=1S/C15H20O10S2.C6H17N2/c1-8-3-10(12(16)6-14(8,18)26(20,21)22)5-11-4-9(2)15(19,7-13(11)17)27(23,24)25;1-7-5-6-8(2,3)4/h3-4,6-9,16-19H,5H2,1-2H3,(H,20,21,22)(H,23,24,25);7H,5-6H2,1-4H3/q;+1/p-1. The Hall–Kier alpha value is -1.78. The first-order valence-corrected chi connectivity index (χ1v) is 13.5. The Balaban J connectivity index is 0.000000658. The first kappa shape index (κ1) is 31.3. The molecule has 2 aliphatic carbocycles. The van der Waals surface area contributed by atoms with Crippen LogP contribution in [-0.4, -0.2) is 102 Å². The second-order valence-corrected chi connectivity index (χ2v) is 12.9. The number of allylic oxidation sites excluding steroid dienone is 2. The van der Waals surface area contributed by atoms with E-state index in [1.165, 1.54) is 20.4 Å². The fraction of sp³-hybridized carbons (Fsp3) is 0.619. The van der Waals surface area contributed by atoms with Crippen LogP contribution in [0.5, 0.6) is 0 Å². The molecule has 4 atom stereocenters. The van der Waals surface area contributed by atoms with Gasteiger partial charge >= 0.3 is 0 Å². The molecule has 0 fully saturated rings. The van der Waals surface area contributed by atoms with Gasteiger partial charge in [0, 0.05) is 37.0 Å². The largest absolute Gasteiger partial charge is 0.745 e. The minimum atomic E-state index is -5.19. The maximum atomic E-state index is 11.4. The summed E-state index contributed by atoms with van der Waals surface area (Å²) in [4.78, 5) is -5.57. The third-order valence-corrected chi connectivity index (χ3v) is 8.39. The molecule has 6 N–H and O–H groups in total. The second kappa shape index (κ2) is 10.7. The highest BCUT2D eigenvalue weighted by atomic mass is 32.2. The smallest absolute Gasteiger partial charge is 0.299 e. The average molecular weight is 541 g/mol. The highest BCUT2D eigenvalue weighted by Crippen LogP contribution is 2.39. The number of hydrogen-bond acceptors (Lipinski definition) is 10. The van der Waals surface area contributed by atoms with Crippen LogP contribution in [0.1, 0.15) is 20.3 Å². The number of nitrogens with zero attached hydrogens (tertiary/aromatic N) is 1. The van der Waals surface area contributed by atoms with Gasteiger partial charge in [-0.15, -0.1) is 0 Å². The molecule has 202 valence electrons. The van der Waals surface area contributed by atoms with Gasteiger partial charge in [0.25, 0.3) is 10.1 Å². The van der Waals surface area contributed by atoms with Crippen LogP contribution in [0.3, 0.4) is 0 Å². The van der Waals surface area contributed by atoms with Crippen LogP contribution in [-0.2, 0) is 20.2 Å². The number of rotatable bonds is 7. The lowest BCUT2D eigenvalue weighted by molar-refractivity contribution is -0.869.